The van der Waals surface area contributed by atoms with E-state index in [1.807, 2.05) is 18.5 Å². The Balaban J connectivity index is 0.00000161. The molecule has 3 rings (SSSR count). The SMILES string of the molecule is Cl.Fc1cccc(CN2CCNCC2c2ccncc2)c1. The molecule has 1 N–H and O–H groups in total. The van der Waals surface area contributed by atoms with Crippen molar-refractivity contribution in [1.29, 1.82) is 0 Å². The van der Waals surface area contributed by atoms with Gasteiger partial charge in [-0.05, 0) is 35.4 Å². The molecule has 1 aliphatic rings. The zero-order valence-electron chi connectivity index (χ0n) is 11.7. The van der Waals surface area contributed by atoms with Gasteiger partial charge in [0.25, 0.3) is 0 Å². The minimum absolute atomic E-state index is 0. The highest BCUT2D eigenvalue weighted by molar-refractivity contribution is 5.85. The molecule has 1 fully saturated rings. The zero-order chi connectivity index (χ0) is 13.8. The summed E-state index contributed by atoms with van der Waals surface area (Å²) in [6.07, 6.45) is 3.65. The second-order valence-corrected chi connectivity index (χ2v) is 5.10. The van der Waals surface area contributed by atoms with Crippen molar-refractivity contribution in [2.75, 3.05) is 19.6 Å². The molecule has 2 heterocycles. The fourth-order valence-corrected chi connectivity index (χ4v) is 2.72. The van der Waals surface area contributed by atoms with Crippen molar-refractivity contribution < 1.29 is 4.39 Å². The number of rotatable bonds is 3. The molecule has 1 saturated heterocycles. The number of hydrogen-bond acceptors (Lipinski definition) is 3. The molecule has 0 bridgehead atoms. The lowest BCUT2D eigenvalue weighted by Crippen LogP contribution is -2.45. The number of pyridine rings is 1. The summed E-state index contributed by atoms with van der Waals surface area (Å²) in [4.78, 5) is 6.46. The van der Waals surface area contributed by atoms with Crippen molar-refractivity contribution in [2.24, 2.45) is 0 Å². The number of nitrogens with one attached hydrogen (secondary N) is 1. The van der Waals surface area contributed by atoms with Crippen LogP contribution in [0, 0.1) is 5.82 Å². The number of hydrogen-bond donors (Lipinski definition) is 1. The van der Waals surface area contributed by atoms with E-state index in [-0.39, 0.29) is 18.2 Å². The molecule has 1 atom stereocenters. The van der Waals surface area contributed by atoms with E-state index in [9.17, 15) is 4.39 Å². The molecule has 0 aliphatic carbocycles. The average molecular weight is 308 g/mol. The Hall–Kier alpha value is -1.49. The minimum atomic E-state index is -0.168. The van der Waals surface area contributed by atoms with Gasteiger partial charge in [0.05, 0.1) is 0 Å². The van der Waals surface area contributed by atoms with Crippen LogP contribution in [0.25, 0.3) is 0 Å². The summed E-state index contributed by atoms with van der Waals surface area (Å²) in [7, 11) is 0. The van der Waals surface area contributed by atoms with Gasteiger partial charge in [-0.3, -0.25) is 9.88 Å². The van der Waals surface area contributed by atoms with Crippen LogP contribution in [0.15, 0.2) is 48.8 Å². The smallest absolute Gasteiger partial charge is 0.123 e. The molecule has 1 aliphatic heterocycles. The van der Waals surface area contributed by atoms with Crippen molar-refractivity contribution in [3.63, 3.8) is 0 Å². The second kappa shape index (κ2) is 7.50. The Bertz CT molecular complexity index is 564. The van der Waals surface area contributed by atoms with Crippen molar-refractivity contribution >= 4 is 12.4 Å². The lowest BCUT2D eigenvalue weighted by molar-refractivity contribution is 0.153. The van der Waals surface area contributed by atoms with Crippen LogP contribution in [0.1, 0.15) is 17.2 Å². The summed E-state index contributed by atoms with van der Waals surface area (Å²) >= 11 is 0. The molecule has 112 valence electrons. The molecule has 0 saturated carbocycles. The first-order valence-electron chi connectivity index (χ1n) is 6.92. The normalized spacial score (nSPS) is 19.0. The maximum atomic E-state index is 13.3. The Kier molecular flexibility index (Phi) is 5.67. The van der Waals surface area contributed by atoms with Gasteiger partial charge in [-0.2, -0.15) is 0 Å². The first-order chi connectivity index (χ1) is 9.83. The molecule has 0 amide bonds. The van der Waals surface area contributed by atoms with Gasteiger partial charge < -0.3 is 5.32 Å². The minimum Gasteiger partial charge on any atom is -0.314 e. The maximum absolute atomic E-state index is 13.3. The summed E-state index contributed by atoms with van der Waals surface area (Å²) in [6.45, 7) is 3.62. The molecule has 0 radical (unpaired) electrons. The van der Waals surface area contributed by atoms with Crippen molar-refractivity contribution in [3.8, 4) is 0 Å². The highest BCUT2D eigenvalue weighted by Gasteiger charge is 2.23. The molecule has 2 aromatic rings. The molecular formula is C16H19ClFN3. The lowest BCUT2D eigenvalue weighted by atomic mass is 10.0. The van der Waals surface area contributed by atoms with E-state index in [2.05, 4.69) is 27.3 Å². The molecule has 5 heteroatoms. The average Bonchev–Trinajstić information content (AvgIpc) is 2.49. The van der Waals surface area contributed by atoms with Crippen LogP contribution in [0.5, 0.6) is 0 Å². The van der Waals surface area contributed by atoms with E-state index in [1.165, 1.54) is 11.6 Å². The van der Waals surface area contributed by atoms with E-state index in [0.717, 1.165) is 31.7 Å². The van der Waals surface area contributed by atoms with Gasteiger partial charge in [-0.1, -0.05) is 12.1 Å². The number of aromatic nitrogens is 1. The van der Waals surface area contributed by atoms with Gasteiger partial charge in [0, 0.05) is 44.6 Å². The molecule has 1 aromatic carbocycles. The van der Waals surface area contributed by atoms with Crippen LogP contribution < -0.4 is 5.32 Å². The quantitative estimate of drug-likeness (QED) is 0.945. The monoisotopic (exact) mass is 307 g/mol. The number of nitrogens with zero attached hydrogens (tertiary/aromatic N) is 2. The van der Waals surface area contributed by atoms with E-state index >= 15 is 0 Å². The lowest BCUT2D eigenvalue weighted by Gasteiger charge is -2.36. The Morgan fingerprint density at radius 3 is 2.81 bits per heavy atom. The highest BCUT2D eigenvalue weighted by atomic mass is 35.5. The van der Waals surface area contributed by atoms with Gasteiger partial charge >= 0.3 is 0 Å². The van der Waals surface area contributed by atoms with Crippen LogP contribution in [0.2, 0.25) is 0 Å². The van der Waals surface area contributed by atoms with E-state index in [0.29, 0.717) is 6.04 Å². The topological polar surface area (TPSA) is 28.2 Å². The third kappa shape index (κ3) is 4.00. The Morgan fingerprint density at radius 1 is 1.24 bits per heavy atom. The van der Waals surface area contributed by atoms with Crippen LogP contribution >= 0.6 is 12.4 Å². The van der Waals surface area contributed by atoms with E-state index in [1.54, 1.807) is 12.1 Å². The van der Waals surface area contributed by atoms with Crippen molar-refractivity contribution in [3.05, 3.63) is 65.7 Å². The van der Waals surface area contributed by atoms with Crippen molar-refractivity contribution in [1.82, 2.24) is 15.2 Å². The van der Waals surface area contributed by atoms with Crippen LogP contribution in [0.4, 0.5) is 4.39 Å². The first-order valence-corrected chi connectivity index (χ1v) is 6.92. The number of halogens is 2. The number of piperazine rings is 1. The third-order valence-corrected chi connectivity index (χ3v) is 3.72. The summed E-state index contributed by atoms with van der Waals surface area (Å²) < 4.78 is 13.3. The van der Waals surface area contributed by atoms with Gasteiger partial charge in [0.1, 0.15) is 5.82 Å². The van der Waals surface area contributed by atoms with Gasteiger partial charge in [0.2, 0.25) is 0 Å². The largest absolute Gasteiger partial charge is 0.314 e. The Morgan fingerprint density at radius 2 is 2.05 bits per heavy atom. The Labute approximate surface area is 130 Å². The second-order valence-electron chi connectivity index (χ2n) is 5.10. The van der Waals surface area contributed by atoms with Gasteiger partial charge in [-0.25, -0.2) is 4.39 Å². The van der Waals surface area contributed by atoms with E-state index in [4.69, 9.17) is 0 Å². The summed E-state index contributed by atoms with van der Waals surface area (Å²) in [5.74, 6) is -0.168. The molecule has 1 aromatic heterocycles. The molecular weight excluding hydrogens is 289 g/mol. The summed E-state index contributed by atoms with van der Waals surface area (Å²) in [5.41, 5.74) is 2.27. The maximum Gasteiger partial charge on any atom is 0.123 e. The highest BCUT2D eigenvalue weighted by Crippen LogP contribution is 2.23. The fourth-order valence-electron chi connectivity index (χ4n) is 2.72. The molecule has 1 unspecified atom stereocenters. The fraction of sp³-hybridized carbons (Fsp3) is 0.312. The first kappa shape index (κ1) is 15.9. The predicted octanol–water partition coefficient (Wildman–Crippen LogP) is 2.79. The number of benzene rings is 1. The van der Waals surface area contributed by atoms with Crippen molar-refractivity contribution in [2.45, 2.75) is 12.6 Å². The molecule has 0 spiro atoms. The predicted molar refractivity (Wildman–Crippen MR) is 83.9 cm³/mol. The van der Waals surface area contributed by atoms with E-state index < -0.39 is 0 Å². The molecule has 21 heavy (non-hydrogen) atoms. The van der Waals surface area contributed by atoms with Gasteiger partial charge in [0.15, 0.2) is 0 Å². The third-order valence-electron chi connectivity index (χ3n) is 3.72. The van der Waals surface area contributed by atoms with Crippen LogP contribution in [0.3, 0.4) is 0 Å². The standard InChI is InChI=1S/C16H18FN3.ClH/c17-15-3-1-2-13(10-15)12-20-9-8-19-11-16(20)14-4-6-18-7-5-14;/h1-7,10,16,19H,8-9,11-12H2;1H. The molecule has 3 nitrogen and oxygen atoms in total. The van der Waals surface area contributed by atoms with Gasteiger partial charge in [-0.15, -0.1) is 12.4 Å². The summed E-state index contributed by atoms with van der Waals surface area (Å²) in [6, 6.07) is 11.3. The van der Waals surface area contributed by atoms with Crippen LogP contribution in [-0.4, -0.2) is 29.5 Å². The van der Waals surface area contributed by atoms with Crippen LogP contribution in [-0.2, 0) is 6.54 Å². The zero-order valence-corrected chi connectivity index (χ0v) is 12.5. The summed E-state index contributed by atoms with van der Waals surface area (Å²) in [5, 5.41) is 3.42.